The Balaban J connectivity index is 1.82. The maximum atomic E-state index is 11.9. The molecule has 0 unspecified atom stereocenters. The molecule has 0 aliphatic carbocycles. The smallest absolute Gasteiger partial charge is 0.315 e. The summed E-state index contributed by atoms with van der Waals surface area (Å²) in [6, 6.07) is 3.59. The van der Waals surface area contributed by atoms with Crippen molar-refractivity contribution in [2.45, 2.75) is 39.8 Å². The largest absolute Gasteiger partial charge is 0.334 e. The zero-order valence-electron chi connectivity index (χ0n) is 12.5. The first-order chi connectivity index (χ1) is 10.1. The van der Waals surface area contributed by atoms with Crippen LogP contribution in [-0.2, 0) is 13.0 Å². The summed E-state index contributed by atoms with van der Waals surface area (Å²) in [7, 11) is 0. The monoisotopic (exact) mass is 304 g/mol. The number of pyridine rings is 1. The lowest BCUT2D eigenvalue weighted by atomic mass is 10.2. The predicted molar refractivity (Wildman–Crippen MR) is 84.3 cm³/mol. The van der Waals surface area contributed by atoms with Crippen LogP contribution in [0.25, 0.3) is 0 Å². The van der Waals surface area contributed by atoms with Crippen molar-refractivity contribution in [2.75, 3.05) is 0 Å². The summed E-state index contributed by atoms with van der Waals surface area (Å²) in [5, 5.41) is 8.80. The van der Waals surface area contributed by atoms with Crippen LogP contribution in [0.15, 0.2) is 23.7 Å². The van der Waals surface area contributed by atoms with Gasteiger partial charge in [-0.1, -0.05) is 13.0 Å². The summed E-state index contributed by atoms with van der Waals surface area (Å²) in [4.78, 5) is 20.5. The van der Waals surface area contributed by atoms with E-state index in [4.69, 9.17) is 0 Å². The topological polar surface area (TPSA) is 66.9 Å². The molecule has 0 saturated heterocycles. The zero-order valence-corrected chi connectivity index (χ0v) is 13.3. The number of carbonyl (C=O) groups is 1. The van der Waals surface area contributed by atoms with Crippen LogP contribution in [0, 0.1) is 6.92 Å². The Labute approximate surface area is 128 Å². The van der Waals surface area contributed by atoms with E-state index in [1.165, 1.54) is 0 Å². The molecule has 1 atom stereocenters. The summed E-state index contributed by atoms with van der Waals surface area (Å²) >= 11 is 1.63. The van der Waals surface area contributed by atoms with Gasteiger partial charge in [-0.2, -0.15) is 0 Å². The van der Waals surface area contributed by atoms with E-state index in [0.29, 0.717) is 6.54 Å². The average Bonchev–Trinajstić information content (AvgIpc) is 2.96. The SMILES string of the molecule is CCc1nc([C@@H](C)NC(=O)NCc2ccc(C)nc2)cs1. The molecule has 0 spiro atoms. The molecule has 0 radical (unpaired) electrons. The number of carbonyl (C=O) groups excluding carboxylic acids is 1. The van der Waals surface area contributed by atoms with Gasteiger partial charge in [-0.15, -0.1) is 11.3 Å². The van der Waals surface area contributed by atoms with Crippen molar-refractivity contribution in [2.24, 2.45) is 0 Å². The van der Waals surface area contributed by atoms with E-state index in [1.54, 1.807) is 17.5 Å². The number of thiazole rings is 1. The van der Waals surface area contributed by atoms with Gasteiger partial charge in [0.25, 0.3) is 0 Å². The minimum atomic E-state index is -0.200. The molecule has 2 N–H and O–H groups in total. The van der Waals surface area contributed by atoms with E-state index >= 15 is 0 Å². The van der Waals surface area contributed by atoms with Gasteiger partial charge in [0.2, 0.25) is 0 Å². The highest BCUT2D eigenvalue weighted by molar-refractivity contribution is 7.09. The third-order valence-electron chi connectivity index (χ3n) is 3.09. The van der Waals surface area contributed by atoms with Crippen LogP contribution >= 0.6 is 11.3 Å². The summed E-state index contributed by atoms with van der Waals surface area (Å²) in [6.45, 7) is 6.40. The van der Waals surface area contributed by atoms with E-state index < -0.39 is 0 Å². The third kappa shape index (κ3) is 4.53. The Morgan fingerprint density at radius 2 is 2.24 bits per heavy atom. The van der Waals surface area contributed by atoms with Gasteiger partial charge in [-0.25, -0.2) is 9.78 Å². The number of nitrogens with one attached hydrogen (secondary N) is 2. The lowest BCUT2D eigenvalue weighted by Crippen LogP contribution is -2.36. The van der Waals surface area contributed by atoms with Gasteiger partial charge in [0, 0.05) is 23.8 Å². The van der Waals surface area contributed by atoms with Gasteiger partial charge in [0.05, 0.1) is 16.7 Å². The summed E-state index contributed by atoms with van der Waals surface area (Å²) in [5.41, 5.74) is 2.85. The minimum absolute atomic E-state index is 0.0994. The van der Waals surface area contributed by atoms with Crippen molar-refractivity contribution in [1.82, 2.24) is 20.6 Å². The Hall–Kier alpha value is -1.95. The third-order valence-corrected chi connectivity index (χ3v) is 4.10. The molecule has 2 heterocycles. The maximum Gasteiger partial charge on any atom is 0.315 e. The second kappa shape index (κ2) is 7.17. The fourth-order valence-corrected chi connectivity index (χ4v) is 2.63. The Morgan fingerprint density at radius 1 is 1.43 bits per heavy atom. The quantitative estimate of drug-likeness (QED) is 0.892. The molecule has 2 aromatic heterocycles. The van der Waals surface area contributed by atoms with Gasteiger partial charge in [-0.05, 0) is 31.9 Å². The second-order valence-corrected chi connectivity index (χ2v) is 5.82. The molecule has 0 bridgehead atoms. The molecule has 0 aliphatic heterocycles. The Kier molecular flexibility index (Phi) is 5.27. The van der Waals surface area contributed by atoms with E-state index in [0.717, 1.165) is 28.4 Å². The van der Waals surface area contributed by atoms with E-state index in [1.807, 2.05) is 31.4 Å². The van der Waals surface area contributed by atoms with Gasteiger partial charge >= 0.3 is 6.03 Å². The van der Waals surface area contributed by atoms with Crippen molar-refractivity contribution in [3.05, 3.63) is 45.7 Å². The highest BCUT2D eigenvalue weighted by atomic mass is 32.1. The fraction of sp³-hybridized carbons (Fsp3) is 0.400. The number of hydrogen-bond acceptors (Lipinski definition) is 4. The van der Waals surface area contributed by atoms with Gasteiger partial charge in [-0.3, -0.25) is 4.98 Å². The van der Waals surface area contributed by atoms with Crippen molar-refractivity contribution in [3.8, 4) is 0 Å². The molecule has 2 amide bonds. The number of aryl methyl sites for hydroxylation is 2. The van der Waals surface area contributed by atoms with Crippen molar-refractivity contribution < 1.29 is 4.79 Å². The normalized spacial score (nSPS) is 12.0. The standard InChI is InChI=1S/C15H20N4OS/c1-4-14-19-13(9-21-14)11(3)18-15(20)17-8-12-6-5-10(2)16-7-12/h5-7,9,11H,4,8H2,1-3H3,(H2,17,18,20)/t11-/m1/s1. The molecule has 2 rings (SSSR count). The molecule has 21 heavy (non-hydrogen) atoms. The van der Waals surface area contributed by atoms with Crippen LogP contribution in [0.1, 0.15) is 41.8 Å². The summed E-state index contributed by atoms with van der Waals surface area (Å²) < 4.78 is 0. The van der Waals surface area contributed by atoms with E-state index in [9.17, 15) is 4.79 Å². The molecular weight excluding hydrogens is 284 g/mol. The first kappa shape index (κ1) is 15.4. The van der Waals surface area contributed by atoms with Crippen LogP contribution in [0.4, 0.5) is 4.79 Å². The number of aromatic nitrogens is 2. The molecule has 0 aliphatic rings. The Morgan fingerprint density at radius 3 is 2.86 bits per heavy atom. The predicted octanol–water partition coefficient (Wildman–Crippen LogP) is 2.97. The highest BCUT2D eigenvalue weighted by Crippen LogP contribution is 2.16. The van der Waals surface area contributed by atoms with Crippen molar-refractivity contribution in [3.63, 3.8) is 0 Å². The fourth-order valence-electron chi connectivity index (χ4n) is 1.79. The number of rotatable bonds is 5. The summed E-state index contributed by atoms with van der Waals surface area (Å²) in [5.74, 6) is 0. The molecule has 2 aromatic rings. The number of hydrogen-bond donors (Lipinski definition) is 2. The number of nitrogens with zero attached hydrogens (tertiary/aromatic N) is 2. The molecular formula is C15H20N4OS. The van der Waals surface area contributed by atoms with Gasteiger partial charge in [0.1, 0.15) is 0 Å². The van der Waals surface area contributed by atoms with Gasteiger partial charge in [0.15, 0.2) is 0 Å². The lowest BCUT2D eigenvalue weighted by Gasteiger charge is -2.12. The molecule has 0 fully saturated rings. The van der Waals surface area contributed by atoms with Crippen LogP contribution in [-0.4, -0.2) is 16.0 Å². The molecule has 5 nitrogen and oxygen atoms in total. The number of amides is 2. The van der Waals surface area contributed by atoms with Crippen molar-refractivity contribution in [1.29, 1.82) is 0 Å². The van der Waals surface area contributed by atoms with Gasteiger partial charge < -0.3 is 10.6 Å². The van der Waals surface area contributed by atoms with Crippen LogP contribution in [0.2, 0.25) is 0 Å². The molecule has 0 saturated carbocycles. The first-order valence-corrected chi connectivity index (χ1v) is 7.86. The number of urea groups is 1. The minimum Gasteiger partial charge on any atom is -0.334 e. The molecule has 112 valence electrons. The van der Waals surface area contributed by atoms with E-state index in [2.05, 4.69) is 27.5 Å². The van der Waals surface area contributed by atoms with Crippen molar-refractivity contribution >= 4 is 17.4 Å². The van der Waals surface area contributed by atoms with Crippen LogP contribution < -0.4 is 10.6 Å². The first-order valence-electron chi connectivity index (χ1n) is 6.98. The van der Waals surface area contributed by atoms with Crippen LogP contribution in [0.3, 0.4) is 0 Å². The highest BCUT2D eigenvalue weighted by Gasteiger charge is 2.12. The Bertz CT molecular complexity index is 594. The van der Waals surface area contributed by atoms with Crippen LogP contribution in [0.5, 0.6) is 0 Å². The molecule has 6 heteroatoms. The summed E-state index contributed by atoms with van der Waals surface area (Å²) in [6.07, 6.45) is 2.69. The lowest BCUT2D eigenvalue weighted by molar-refractivity contribution is 0.237. The maximum absolute atomic E-state index is 11.9. The average molecular weight is 304 g/mol. The van der Waals surface area contributed by atoms with E-state index in [-0.39, 0.29) is 12.1 Å². The zero-order chi connectivity index (χ0) is 15.2. The second-order valence-electron chi connectivity index (χ2n) is 4.88. The molecule has 0 aromatic carbocycles.